The molecule has 0 aliphatic carbocycles. The standard InChI is InChI=1S/C16H19N3O4/c1-10(15(20)21)9-19(2)16(22)17-12-5-6-13-11(8-12)4-7-14(18-13)23-3/h4-8,10H,9H2,1-3H3,(H,17,22)(H,20,21). The molecule has 7 heteroatoms. The van der Waals surface area contributed by atoms with Crippen LogP contribution in [0.1, 0.15) is 6.92 Å². The summed E-state index contributed by atoms with van der Waals surface area (Å²) in [6, 6.07) is 8.56. The number of aromatic nitrogens is 1. The molecule has 0 bridgehead atoms. The number of methoxy groups -OCH3 is 1. The number of nitrogens with zero attached hydrogens (tertiary/aromatic N) is 2. The summed E-state index contributed by atoms with van der Waals surface area (Å²) < 4.78 is 5.07. The Kier molecular flexibility index (Phi) is 5.00. The van der Waals surface area contributed by atoms with Crippen LogP contribution >= 0.6 is 0 Å². The first-order chi connectivity index (χ1) is 10.9. The molecule has 0 spiro atoms. The van der Waals surface area contributed by atoms with Gasteiger partial charge < -0.3 is 20.1 Å². The third-order valence-corrected chi connectivity index (χ3v) is 3.44. The van der Waals surface area contributed by atoms with E-state index in [1.807, 2.05) is 6.07 Å². The van der Waals surface area contributed by atoms with Crippen LogP contribution in [-0.4, -0.2) is 47.7 Å². The average Bonchev–Trinajstić information content (AvgIpc) is 2.53. The molecule has 0 saturated carbocycles. The molecular formula is C16H19N3O4. The number of carbonyl (C=O) groups excluding carboxylic acids is 1. The van der Waals surface area contributed by atoms with E-state index >= 15 is 0 Å². The molecule has 0 aliphatic heterocycles. The molecule has 1 aromatic carbocycles. The van der Waals surface area contributed by atoms with Gasteiger partial charge in [-0.1, -0.05) is 6.92 Å². The summed E-state index contributed by atoms with van der Waals surface area (Å²) in [5, 5.41) is 12.5. The highest BCUT2D eigenvalue weighted by molar-refractivity contribution is 5.92. The van der Waals surface area contributed by atoms with Gasteiger partial charge in [-0.05, 0) is 24.3 Å². The minimum Gasteiger partial charge on any atom is -0.481 e. The second-order valence-electron chi connectivity index (χ2n) is 5.31. The molecule has 0 fully saturated rings. The van der Waals surface area contributed by atoms with Gasteiger partial charge in [-0.2, -0.15) is 0 Å². The minimum atomic E-state index is -0.935. The summed E-state index contributed by atoms with van der Waals surface area (Å²) in [5.41, 5.74) is 1.37. The molecule has 1 unspecified atom stereocenters. The van der Waals surface area contributed by atoms with E-state index in [2.05, 4.69) is 10.3 Å². The van der Waals surface area contributed by atoms with Gasteiger partial charge in [0.05, 0.1) is 18.5 Å². The van der Waals surface area contributed by atoms with Crippen molar-refractivity contribution in [2.24, 2.45) is 5.92 Å². The Morgan fingerprint density at radius 2 is 2.09 bits per heavy atom. The molecule has 2 N–H and O–H groups in total. The van der Waals surface area contributed by atoms with Gasteiger partial charge in [0, 0.05) is 30.7 Å². The number of carboxylic acid groups (broad SMARTS) is 1. The quantitative estimate of drug-likeness (QED) is 0.883. The first-order valence-corrected chi connectivity index (χ1v) is 7.10. The summed E-state index contributed by atoms with van der Waals surface area (Å²) in [5.74, 6) is -1.04. The SMILES string of the molecule is COc1ccc2cc(NC(=O)N(C)CC(C)C(=O)O)ccc2n1. The molecule has 122 valence electrons. The number of fused-ring (bicyclic) bond motifs is 1. The zero-order valence-corrected chi connectivity index (χ0v) is 13.2. The number of anilines is 1. The van der Waals surface area contributed by atoms with Gasteiger partial charge in [0.15, 0.2) is 0 Å². The van der Waals surface area contributed by atoms with Crippen LogP contribution in [0.2, 0.25) is 0 Å². The van der Waals surface area contributed by atoms with Gasteiger partial charge >= 0.3 is 12.0 Å². The fourth-order valence-electron chi connectivity index (χ4n) is 2.09. The van der Waals surface area contributed by atoms with E-state index in [4.69, 9.17) is 9.84 Å². The Balaban J connectivity index is 2.09. The molecule has 2 amide bonds. The van der Waals surface area contributed by atoms with Gasteiger partial charge in [-0.15, -0.1) is 0 Å². The number of rotatable bonds is 5. The van der Waals surface area contributed by atoms with Gasteiger partial charge in [0.2, 0.25) is 5.88 Å². The second-order valence-corrected chi connectivity index (χ2v) is 5.31. The van der Waals surface area contributed by atoms with Crippen molar-refractivity contribution in [1.29, 1.82) is 0 Å². The second kappa shape index (κ2) is 6.95. The fourth-order valence-corrected chi connectivity index (χ4v) is 2.09. The van der Waals surface area contributed by atoms with Gasteiger partial charge in [-0.3, -0.25) is 4.79 Å². The lowest BCUT2D eigenvalue weighted by Crippen LogP contribution is -2.36. The van der Waals surface area contributed by atoms with E-state index in [9.17, 15) is 9.59 Å². The van der Waals surface area contributed by atoms with Crippen LogP contribution in [0.25, 0.3) is 10.9 Å². The summed E-state index contributed by atoms with van der Waals surface area (Å²) in [6.07, 6.45) is 0. The molecule has 2 rings (SSSR count). The topological polar surface area (TPSA) is 91.8 Å². The van der Waals surface area contributed by atoms with E-state index < -0.39 is 11.9 Å². The number of carbonyl (C=O) groups is 2. The number of pyridine rings is 1. The Labute approximate surface area is 133 Å². The Hall–Kier alpha value is -2.83. The lowest BCUT2D eigenvalue weighted by atomic mass is 10.2. The van der Waals surface area contributed by atoms with Crippen molar-refractivity contribution in [2.45, 2.75) is 6.92 Å². The largest absolute Gasteiger partial charge is 0.481 e. The summed E-state index contributed by atoms with van der Waals surface area (Å²) in [4.78, 5) is 28.6. The maximum Gasteiger partial charge on any atom is 0.321 e. The summed E-state index contributed by atoms with van der Waals surface area (Å²) >= 11 is 0. The molecule has 1 aromatic heterocycles. The number of carboxylic acids is 1. The van der Waals surface area contributed by atoms with Crippen molar-refractivity contribution in [3.05, 3.63) is 30.3 Å². The van der Waals surface area contributed by atoms with Crippen molar-refractivity contribution in [3.63, 3.8) is 0 Å². The van der Waals surface area contributed by atoms with Crippen molar-refractivity contribution in [3.8, 4) is 5.88 Å². The Bertz CT molecular complexity index is 732. The highest BCUT2D eigenvalue weighted by Crippen LogP contribution is 2.20. The van der Waals surface area contributed by atoms with E-state index in [-0.39, 0.29) is 12.6 Å². The molecular weight excluding hydrogens is 298 g/mol. The van der Waals surface area contributed by atoms with E-state index in [1.165, 1.54) is 4.90 Å². The zero-order valence-electron chi connectivity index (χ0n) is 13.2. The van der Waals surface area contributed by atoms with Crippen molar-refractivity contribution >= 4 is 28.6 Å². The monoisotopic (exact) mass is 317 g/mol. The predicted molar refractivity (Wildman–Crippen MR) is 86.7 cm³/mol. The molecule has 0 saturated heterocycles. The smallest absolute Gasteiger partial charge is 0.321 e. The summed E-state index contributed by atoms with van der Waals surface area (Å²) in [7, 11) is 3.11. The number of nitrogens with one attached hydrogen (secondary N) is 1. The van der Waals surface area contributed by atoms with Crippen LogP contribution in [0.5, 0.6) is 5.88 Å². The van der Waals surface area contributed by atoms with E-state index in [1.54, 1.807) is 45.3 Å². The Morgan fingerprint density at radius 1 is 1.35 bits per heavy atom. The zero-order chi connectivity index (χ0) is 17.0. The normalized spacial score (nSPS) is 11.8. The van der Waals surface area contributed by atoms with Crippen molar-refractivity contribution in [2.75, 3.05) is 26.0 Å². The van der Waals surface area contributed by atoms with Crippen LogP contribution in [0.3, 0.4) is 0 Å². The lowest BCUT2D eigenvalue weighted by Gasteiger charge is -2.20. The van der Waals surface area contributed by atoms with Crippen LogP contribution in [0.4, 0.5) is 10.5 Å². The van der Waals surface area contributed by atoms with Crippen LogP contribution in [-0.2, 0) is 4.79 Å². The first kappa shape index (κ1) is 16.5. The number of hydrogen-bond donors (Lipinski definition) is 2. The molecule has 1 atom stereocenters. The third-order valence-electron chi connectivity index (χ3n) is 3.44. The molecule has 2 aromatic rings. The molecule has 23 heavy (non-hydrogen) atoms. The number of urea groups is 1. The van der Waals surface area contributed by atoms with E-state index in [0.29, 0.717) is 11.6 Å². The number of hydrogen-bond acceptors (Lipinski definition) is 4. The highest BCUT2D eigenvalue weighted by atomic mass is 16.5. The fraction of sp³-hybridized carbons (Fsp3) is 0.312. The van der Waals surface area contributed by atoms with Gasteiger partial charge in [-0.25, -0.2) is 9.78 Å². The van der Waals surface area contributed by atoms with Crippen LogP contribution in [0, 0.1) is 5.92 Å². The number of aliphatic carboxylic acids is 1. The molecule has 0 aliphatic rings. The van der Waals surface area contributed by atoms with E-state index in [0.717, 1.165) is 10.9 Å². The Morgan fingerprint density at radius 3 is 2.74 bits per heavy atom. The predicted octanol–water partition coefficient (Wildman–Crippen LogP) is 2.43. The number of benzene rings is 1. The van der Waals surface area contributed by atoms with Crippen molar-refractivity contribution < 1.29 is 19.4 Å². The third kappa shape index (κ3) is 4.09. The molecule has 0 radical (unpaired) electrons. The maximum atomic E-state index is 12.1. The first-order valence-electron chi connectivity index (χ1n) is 7.10. The van der Waals surface area contributed by atoms with Gasteiger partial charge in [0.1, 0.15) is 0 Å². The van der Waals surface area contributed by atoms with Crippen LogP contribution < -0.4 is 10.1 Å². The molecule has 7 nitrogen and oxygen atoms in total. The molecule has 1 heterocycles. The maximum absolute atomic E-state index is 12.1. The minimum absolute atomic E-state index is 0.132. The number of ether oxygens (including phenoxy) is 1. The number of amides is 2. The van der Waals surface area contributed by atoms with Crippen LogP contribution in [0.15, 0.2) is 30.3 Å². The summed E-state index contributed by atoms with van der Waals surface area (Å²) in [6.45, 7) is 1.69. The lowest BCUT2D eigenvalue weighted by molar-refractivity contribution is -0.141. The van der Waals surface area contributed by atoms with Gasteiger partial charge in [0.25, 0.3) is 0 Å². The average molecular weight is 317 g/mol. The highest BCUT2D eigenvalue weighted by Gasteiger charge is 2.17. The van der Waals surface area contributed by atoms with Crippen molar-refractivity contribution in [1.82, 2.24) is 9.88 Å².